The van der Waals surface area contributed by atoms with E-state index in [1.165, 1.54) is 6.07 Å². The highest BCUT2D eigenvalue weighted by Crippen LogP contribution is 2.32. The van der Waals surface area contributed by atoms with Crippen LogP contribution < -0.4 is 5.14 Å². The Morgan fingerprint density at radius 2 is 2.10 bits per heavy atom. The molecule has 1 unspecified atom stereocenters. The molecule has 1 aliphatic heterocycles. The number of amides is 1. The third-order valence-electron chi connectivity index (χ3n) is 3.67. The molecule has 0 saturated carbocycles. The Morgan fingerprint density at radius 1 is 1.43 bits per heavy atom. The molecule has 116 valence electrons. The fraction of sp³-hybridized carbons (Fsp3) is 0.462. The lowest BCUT2D eigenvalue weighted by molar-refractivity contribution is 0.0733. The summed E-state index contributed by atoms with van der Waals surface area (Å²) in [6.07, 6.45) is 2.69. The van der Waals surface area contributed by atoms with Crippen LogP contribution in [0.1, 0.15) is 36.5 Å². The lowest BCUT2D eigenvalue weighted by atomic mass is 10.1. The highest BCUT2D eigenvalue weighted by molar-refractivity contribution is 7.89. The maximum atomic E-state index is 12.6. The number of rotatable bonds is 3. The predicted octanol–water partition coefficient (Wildman–Crippen LogP) is 2.66. The number of hydrogen-bond acceptors (Lipinski definition) is 3. The minimum Gasteiger partial charge on any atom is -0.336 e. The molecule has 1 aromatic carbocycles. The fourth-order valence-electron chi connectivity index (χ4n) is 2.57. The number of primary sulfonamides is 1. The Kier molecular flexibility index (Phi) is 4.82. The molecular formula is C13H16Cl2N2O3S. The first kappa shape index (κ1) is 16.5. The molecule has 1 amide bonds. The number of hydrogen-bond donors (Lipinski definition) is 1. The lowest BCUT2D eigenvalue weighted by Crippen LogP contribution is -2.35. The third kappa shape index (κ3) is 3.34. The quantitative estimate of drug-likeness (QED) is 0.909. The molecule has 1 fully saturated rings. The van der Waals surface area contributed by atoms with Crippen LogP contribution in [-0.2, 0) is 10.0 Å². The summed E-state index contributed by atoms with van der Waals surface area (Å²) >= 11 is 12.0. The number of nitrogens with zero attached hydrogens (tertiary/aromatic N) is 1. The van der Waals surface area contributed by atoms with E-state index in [1.54, 1.807) is 4.90 Å². The van der Waals surface area contributed by atoms with Crippen molar-refractivity contribution < 1.29 is 13.2 Å². The molecule has 0 aliphatic carbocycles. The number of nitrogens with two attached hydrogens (primary N) is 1. The van der Waals surface area contributed by atoms with Gasteiger partial charge in [-0.3, -0.25) is 4.79 Å². The lowest BCUT2D eigenvalue weighted by Gasteiger charge is -2.24. The molecule has 2 rings (SSSR count). The third-order valence-corrected chi connectivity index (χ3v) is 5.36. The minimum atomic E-state index is -3.95. The summed E-state index contributed by atoms with van der Waals surface area (Å²) in [6, 6.07) is 2.49. The molecule has 1 saturated heterocycles. The first-order chi connectivity index (χ1) is 9.75. The molecule has 2 N–H and O–H groups in total. The van der Waals surface area contributed by atoms with Gasteiger partial charge in [0.15, 0.2) is 0 Å². The summed E-state index contributed by atoms with van der Waals surface area (Å²) in [5, 5.41) is 5.15. The molecular weight excluding hydrogens is 335 g/mol. The largest absolute Gasteiger partial charge is 0.336 e. The zero-order valence-corrected chi connectivity index (χ0v) is 13.8. The Labute approximate surface area is 134 Å². The second-order valence-corrected chi connectivity index (χ2v) is 7.36. The fourth-order valence-corrected chi connectivity index (χ4v) is 3.60. The van der Waals surface area contributed by atoms with Crippen molar-refractivity contribution in [2.24, 2.45) is 5.14 Å². The van der Waals surface area contributed by atoms with E-state index in [1.807, 2.05) is 6.92 Å². The summed E-state index contributed by atoms with van der Waals surface area (Å²) in [5.41, 5.74) is 0.0774. The van der Waals surface area contributed by atoms with Crippen molar-refractivity contribution in [3.8, 4) is 0 Å². The van der Waals surface area contributed by atoms with Gasteiger partial charge in [0.05, 0.1) is 20.5 Å². The van der Waals surface area contributed by atoms with Gasteiger partial charge in [-0.05, 0) is 31.4 Å². The van der Waals surface area contributed by atoms with E-state index < -0.39 is 10.0 Å². The summed E-state index contributed by atoms with van der Waals surface area (Å²) in [7, 11) is -3.95. The molecule has 1 aromatic rings. The van der Waals surface area contributed by atoms with E-state index in [2.05, 4.69) is 0 Å². The monoisotopic (exact) mass is 350 g/mol. The molecule has 1 atom stereocenters. The van der Waals surface area contributed by atoms with Gasteiger partial charge in [0.2, 0.25) is 10.0 Å². The van der Waals surface area contributed by atoms with Crippen LogP contribution in [0.15, 0.2) is 17.0 Å². The Balaban J connectivity index is 2.48. The number of sulfonamides is 1. The molecule has 1 heterocycles. The van der Waals surface area contributed by atoms with Gasteiger partial charge < -0.3 is 4.90 Å². The molecule has 0 spiro atoms. The Bertz CT molecular complexity index is 676. The second-order valence-electron chi connectivity index (χ2n) is 5.01. The zero-order chi connectivity index (χ0) is 15.8. The molecule has 0 radical (unpaired) electrons. The van der Waals surface area contributed by atoms with Crippen molar-refractivity contribution >= 4 is 39.1 Å². The van der Waals surface area contributed by atoms with E-state index in [0.717, 1.165) is 25.3 Å². The van der Waals surface area contributed by atoms with Crippen LogP contribution in [0.4, 0.5) is 0 Å². The summed E-state index contributed by atoms with van der Waals surface area (Å²) in [5.74, 6) is -0.309. The summed E-state index contributed by atoms with van der Waals surface area (Å²) in [6.45, 7) is 2.64. The van der Waals surface area contributed by atoms with Gasteiger partial charge in [-0.15, -0.1) is 0 Å². The van der Waals surface area contributed by atoms with Crippen LogP contribution in [0.25, 0.3) is 0 Å². The average molecular weight is 351 g/mol. The van der Waals surface area contributed by atoms with Crippen molar-refractivity contribution in [2.75, 3.05) is 6.54 Å². The topological polar surface area (TPSA) is 80.5 Å². The van der Waals surface area contributed by atoms with Crippen molar-refractivity contribution in [3.63, 3.8) is 0 Å². The van der Waals surface area contributed by atoms with Gasteiger partial charge in [0.1, 0.15) is 0 Å². The van der Waals surface area contributed by atoms with Crippen molar-refractivity contribution in [3.05, 3.63) is 27.7 Å². The summed E-state index contributed by atoms with van der Waals surface area (Å²) in [4.78, 5) is 14.1. The maximum absolute atomic E-state index is 12.6. The van der Waals surface area contributed by atoms with E-state index in [4.69, 9.17) is 28.3 Å². The van der Waals surface area contributed by atoms with Gasteiger partial charge in [0, 0.05) is 12.6 Å². The maximum Gasteiger partial charge on any atom is 0.255 e. The Morgan fingerprint density at radius 3 is 2.67 bits per heavy atom. The van der Waals surface area contributed by atoms with Crippen LogP contribution in [0.2, 0.25) is 10.0 Å². The van der Waals surface area contributed by atoms with E-state index in [0.29, 0.717) is 6.54 Å². The van der Waals surface area contributed by atoms with Crippen LogP contribution in [0.3, 0.4) is 0 Å². The zero-order valence-electron chi connectivity index (χ0n) is 11.5. The number of carbonyl (C=O) groups is 1. The highest BCUT2D eigenvalue weighted by Gasteiger charge is 2.30. The van der Waals surface area contributed by atoms with E-state index >= 15 is 0 Å². The number of carbonyl (C=O) groups excluding carboxylic acids is 1. The van der Waals surface area contributed by atoms with Crippen LogP contribution >= 0.6 is 23.2 Å². The number of likely N-dealkylation sites (tertiary alicyclic amines) is 1. The molecule has 8 heteroatoms. The molecule has 21 heavy (non-hydrogen) atoms. The smallest absolute Gasteiger partial charge is 0.255 e. The van der Waals surface area contributed by atoms with Gasteiger partial charge >= 0.3 is 0 Å². The summed E-state index contributed by atoms with van der Waals surface area (Å²) < 4.78 is 22.9. The normalized spacial score (nSPS) is 19.0. The molecule has 1 aliphatic rings. The van der Waals surface area contributed by atoms with Gasteiger partial charge in [-0.25, -0.2) is 13.6 Å². The molecule has 0 bridgehead atoms. The van der Waals surface area contributed by atoms with E-state index in [-0.39, 0.29) is 32.5 Å². The van der Waals surface area contributed by atoms with Crippen molar-refractivity contribution in [2.45, 2.75) is 37.1 Å². The van der Waals surface area contributed by atoms with Crippen molar-refractivity contribution in [1.29, 1.82) is 0 Å². The second kappa shape index (κ2) is 6.12. The molecule has 5 nitrogen and oxygen atoms in total. The van der Waals surface area contributed by atoms with Crippen molar-refractivity contribution in [1.82, 2.24) is 4.90 Å². The van der Waals surface area contributed by atoms with Gasteiger partial charge in [-0.1, -0.05) is 30.1 Å². The SMILES string of the molecule is CCC1CCCN1C(=O)c1cc(S(N)(=O)=O)cc(Cl)c1Cl. The average Bonchev–Trinajstić information content (AvgIpc) is 2.88. The molecule has 0 aromatic heterocycles. The van der Waals surface area contributed by atoms with Crippen LogP contribution in [0.5, 0.6) is 0 Å². The van der Waals surface area contributed by atoms with Crippen LogP contribution in [0, 0.1) is 0 Å². The standard InChI is InChI=1S/C13H16Cl2N2O3S/c1-2-8-4-3-5-17(8)13(18)10-6-9(21(16,19)20)7-11(14)12(10)15/h6-8H,2-5H2,1H3,(H2,16,19,20). The first-order valence-electron chi connectivity index (χ1n) is 6.58. The Hall–Kier alpha value is -0.820. The van der Waals surface area contributed by atoms with E-state index in [9.17, 15) is 13.2 Å². The first-order valence-corrected chi connectivity index (χ1v) is 8.88. The number of halogens is 2. The van der Waals surface area contributed by atoms with Crippen LogP contribution in [-0.4, -0.2) is 31.8 Å². The minimum absolute atomic E-state index is 0.00112. The number of benzene rings is 1. The van der Waals surface area contributed by atoms with Gasteiger partial charge in [-0.2, -0.15) is 0 Å². The highest BCUT2D eigenvalue weighted by atomic mass is 35.5. The predicted molar refractivity (Wildman–Crippen MR) is 82.2 cm³/mol. The van der Waals surface area contributed by atoms with Gasteiger partial charge in [0.25, 0.3) is 5.91 Å².